The lowest BCUT2D eigenvalue weighted by molar-refractivity contribution is -0.123. The fourth-order valence-electron chi connectivity index (χ4n) is 2.48. The largest absolute Gasteiger partial charge is 0.494 e. The number of hydrazine groups is 1. The lowest BCUT2D eigenvalue weighted by Gasteiger charge is -2.13. The average Bonchev–Trinajstić information content (AvgIpc) is 2.70. The Kier molecular flexibility index (Phi) is 8.42. The molecule has 2 rings (SSSR count). The first-order valence-corrected chi connectivity index (χ1v) is 9.63. The Labute approximate surface area is 175 Å². The predicted molar refractivity (Wildman–Crippen MR) is 115 cm³/mol. The first-order chi connectivity index (χ1) is 13.9. The molecule has 0 heterocycles. The molecule has 2 aromatic rings. The summed E-state index contributed by atoms with van der Waals surface area (Å²) < 4.78 is 11.1. The van der Waals surface area contributed by atoms with Crippen LogP contribution in [-0.2, 0) is 4.79 Å². The van der Waals surface area contributed by atoms with Crippen LogP contribution in [0.1, 0.15) is 34.8 Å². The van der Waals surface area contributed by atoms with E-state index in [1.165, 1.54) is 0 Å². The number of rotatable bonds is 7. The van der Waals surface area contributed by atoms with Crippen molar-refractivity contribution in [3.05, 3.63) is 59.2 Å². The van der Waals surface area contributed by atoms with Crippen molar-refractivity contribution in [2.24, 2.45) is 0 Å². The molecule has 0 aliphatic carbocycles. The van der Waals surface area contributed by atoms with E-state index in [4.69, 9.17) is 21.7 Å². The van der Waals surface area contributed by atoms with Crippen LogP contribution in [0.4, 0.5) is 0 Å². The van der Waals surface area contributed by atoms with Crippen LogP contribution in [-0.4, -0.2) is 30.1 Å². The molecule has 0 atom stereocenters. The van der Waals surface area contributed by atoms with E-state index in [0.717, 1.165) is 17.5 Å². The van der Waals surface area contributed by atoms with Gasteiger partial charge in [-0.3, -0.25) is 25.8 Å². The van der Waals surface area contributed by atoms with Gasteiger partial charge in [0.1, 0.15) is 11.5 Å². The molecule has 0 fully saturated rings. The van der Waals surface area contributed by atoms with Gasteiger partial charge in [-0.1, -0.05) is 31.2 Å². The molecule has 0 spiro atoms. The quantitative estimate of drug-likeness (QED) is 0.476. The number of ether oxygens (including phenoxy) is 2. The molecule has 0 aliphatic rings. The van der Waals surface area contributed by atoms with Crippen LogP contribution < -0.4 is 25.6 Å². The van der Waals surface area contributed by atoms with Gasteiger partial charge in [-0.2, -0.15) is 0 Å². The highest BCUT2D eigenvalue weighted by Crippen LogP contribution is 2.21. The van der Waals surface area contributed by atoms with Crippen LogP contribution in [0, 0.1) is 13.8 Å². The van der Waals surface area contributed by atoms with Crippen molar-refractivity contribution < 1.29 is 19.1 Å². The Balaban J connectivity index is 1.79. The maximum absolute atomic E-state index is 12.3. The Hall–Kier alpha value is -3.13. The summed E-state index contributed by atoms with van der Waals surface area (Å²) in [5, 5.41) is 2.47. The first-order valence-electron chi connectivity index (χ1n) is 9.22. The smallest absolute Gasteiger partial charge is 0.276 e. The van der Waals surface area contributed by atoms with Crippen molar-refractivity contribution in [3.63, 3.8) is 0 Å². The lowest BCUT2D eigenvalue weighted by atomic mass is 10.1. The fraction of sp³-hybridized carbons (Fsp3) is 0.286. The van der Waals surface area contributed by atoms with E-state index < -0.39 is 11.8 Å². The van der Waals surface area contributed by atoms with Crippen LogP contribution in [0.5, 0.6) is 11.5 Å². The minimum absolute atomic E-state index is 0.0321. The van der Waals surface area contributed by atoms with Gasteiger partial charge in [-0.25, -0.2) is 0 Å². The Bertz CT molecular complexity index is 866. The van der Waals surface area contributed by atoms with E-state index >= 15 is 0 Å². The molecular formula is C21H25N3O4S. The van der Waals surface area contributed by atoms with E-state index in [0.29, 0.717) is 23.7 Å². The van der Waals surface area contributed by atoms with Crippen molar-refractivity contribution in [3.8, 4) is 11.5 Å². The van der Waals surface area contributed by atoms with E-state index in [9.17, 15) is 9.59 Å². The summed E-state index contributed by atoms with van der Waals surface area (Å²) in [5.74, 6) is 0.434. The fourth-order valence-corrected chi connectivity index (χ4v) is 2.62. The van der Waals surface area contributed by atoms with Crippen LogP contribution in [0.15, 0.2) is 42.5 Å². The van der Waals surface area contributed by atoms with Gasteiger partial charge in [0.05, 0.1) is 6.61 Å². The number of carbonyl (C=O) groups is 2. The number of nitrogens with one attached hydrogen (secondary N) is 3. The van der Waals surface area contributed by atoms with Gasteiger partial charge in [0.2, 0.25) is 0 Å². The molecule has 0 aromatic heterocycles. The minimum atomic E-state index is -0.431. The molecule has 7 nitrogen and oxygen atoms in total. The zero-order chi connectivity index (χ0) is 21.2. The summed E-state index contributed by atoms with van der Waals surface area (Å²) in [6, 6.07) is 12.5. The topological polar surface area (TPSA) is 88.7 Å². The Morgan fingerprint density at radius 3 is 2.38 bits per heavy atom. The number of para-hydroxylation sites is 1. The molecule has 0 saturated heterocycles. The summed E-state index contributed by atoms with van der Waals surface area (Å²) in [4.78, 5) is 24.2. The molecule has 8 heteroatoms. The number of hydrogen-bond donors (Lipinski definition) is 3. The molecule has 0 radical (unpaired) electrons. The molecule has 3 N–H and O–H groups in total. The molecule has 0 unspecified atom stereocenters. The third-order valence-corrected chi connectivity index (χ3v) is 4.07. The standard InChI is InChI=1S/C21H25N3O4S/c1-4-11-27-17-10-6-9-16(12-17)20(26)22-21(29)24-23-18(25)13-28-19-14(2)7-5-8-15(19)3/h5-10,12H,4,11,13H2,1-3H3,(H,23,25)(H2,22,24,26,29). The monoisotopic (exact) mass is 415 g/mol. The molecule has 0 saturated carbocycles. The van der Waals surface area contributed by atoms with Gasteiger partial charge >= 0.3 is 0 Å². The average molecular weight is 416 g/mol. The highest BCUT2D eigenvalue weighted by molar-refractivity contribution is 7.80. The maximum Gasteiger partial charge on any atom is 0.276 e. The van der Waals surface area contributed by atoms with Crippen molar-refractivity contribution in [2.75, 3.05) is 13.2 Å². The molecule has 0 aliphatic heterocycles. The van der Waals surface area contributed by atoms with Crippen LogP contribution >= 0.6 is 12.2 Å². The van der Waals surface area contributed by atoms with Crippen LogP contribution in [0.3, 0.4) is 0 Å². The van der Waals surface area contributed by atoms with E-state index in [1.54, 1.807) is 24.3 Å². The highest BCUT2D eigenvalue weighted by Gasteiger charge is 2.11. The number of amides is 2. The Morgan fingerprint density at radius 1 is 1.00 bits per heavy atom. The highest BCUT2D eigenvalue weighted by atomic mass is 32.1. The van der Waals surface area contributed by atoms with E-state index in [2.05, 4.69) is 16.2 Å². The van der Waals surface area contributed by atoms with Crippen molar-refractivity contribution in [1.82, 2.24) is 16.2 Å². The van der Waals surface area contributed by atoms with Gasteiger partial charge in [0, 0.05) is 5.56 Å². The molecular weight excluding hydrogens is 390 g/mol. The second-order valence-corrected chi connectivity index (χ2v) is 6.75. The van der Waals surface area contributed by atoms with E-state index in [1.807, 2.05) is 39.0 Å². The summed E-state index contributed by atoms with van der Waals surface area (Å²) in [5.41, 5.74) is 7.16. The molecule has 2 amide bonds. The first kappa shape index (κ1) is 22.2. The van der Waals surface area contributed by atoms with Crippen LogP contribution in [0.2, 0.25) is 0 Å². The zero-order valence-corrected chi connectivity index (χ0v) is 17.5. The van der Waals surface area contributed by atoms with Gasteiger partial charge in [0.25, 0.3) is 11.8 Å². The lowest BCUT2D eigenvalue weighted by Crippen LogP contribution is -2.49. The second kappa shape index (κ2) is 11.0. The van der Waals surface area contributed by atoms with Crippen LogP contribution in [0.25, 0.3) is 0 Å². The maximum atomic E-state index is 12.3. The molecule has 154 valence electrons. The summed E-state index contributed by atoms with van der Waals surface area (Å²) >= 11 is 5.04. The van der Waals surface area contributed by atoms with Gasteiger partial charge in [0.15, 0.2) is 11.7 Å². The SMILES string of the molecule is CCCOc1cccc(C(=O)NC(=S)NNC(=O)COc2c(C)cccc2C)c1. The molecule has 0 bridgehead atoms. The Morgan fingerprint density at radius 2 is 1.69 bits per heavy atom. The van der Waals surface area contributed by atoms with Gasteiger partial charge < -0.3 is 9.47 Å². The third-order valence-electron chi connectivity index (χ3n) is 3.87. The van der Waals surface area contributed by atoms with Gasteiger partial charge in [-0.05, 0) is 61.8 Å². The molecule has 2 aromatic carbocycles. The van der Waals surface area contributed by atoms with Crippen molar-refractivity contribution in [1.29, 1.82) is 0 Å². The summed E-state index contributed by atoms with van der Waals surface area (Å²) in [6.07, 6.45) is 0.872. The van der Waals surface area contributed by atoms with E-state index in [-0.39, 0.29) is 11.7 Å². The second-order valence-electron chi connectivity index (χ2n) is 6.34. The van der Waals surface area contributed by atoms with Crippen molar-refractivity contribution in [2.45, 2.75) is 27.2 Å². The summed E-state index contributed by atoms with van der Waals surface area (Å²) in [6.45, 7) is 6.20. The third kappa shape index (κ3) is 7.08. The zero-order valence-electron chi connectivity index (χ0n) is 16.7. The number of aryl methyl sites for hydroxylation is 2. The number of hydrogen-bond acceptors (Lipinski definition) is 5. The normalized spacial score (nSPS) is 10.0. The van der Waals surface area contributed by atoms with Gasteiger partial charge in [-0.15, -0.1) is 0 Å². The molecule has 29 heavy (non-hydrogen) atoms. The minimum Gasteiger partial charge on any atom is -0.494 e. The summed E-state index contributed by atoms with van der Waals surface area (Å²) in [7, 11) is 0. The van der Waals surface area contributed by atoms with Crippen molar-refractivity contribution >= 4 is 29.1 Å². The number of carbonyl (C=O) groups excluding carboxylic acids is 2. The number of thiocarbonyl (C=S) groups is 1. The predicted octanol–water partition coefficient (Wildman–Crippen LogP) is 2.81. The number of benzene rings is 2.